The van der Waals surface area contributed by atoms with Crippen LogP contribution >= 0.6 is 11.3 Å². The minimum absolute atomic E-state index is 0.0328. The smallest absolute Gasteiger partial charge is 0.303 e. The van der Waals surface area contributed by atoms with E-state index in [1.54, 1.807) is 53.8 Å². The largest absolute Gasteiger partial charge is 0.493 e. The Morgan fingerprint density at radius 3 is 2.46 bits per heavy atom. The summed E-state index contributed by atoms with van der Waals surface area (Å²) in [6.45, 7) is 2.25. The van der Waals surface area contributed by atoms with E-state index in [1.165, 1.54) is 4.90 Å². The highest BCUT2D eigenvalue weighted by Crippen LogP contribution is 2.28. The van der Waals surface area contributed by atoms with E-state index in [9.17, 15) is 14.4 Å². The zero-order valence-electron chi connectivity index (χ0n) is 20.1. The summed E-state index contributed by atoms with van der Waals surface area (Å²) in [5, 5.41) is 11.1. The van der Waals surface area contributed by atoms with Crippen molar-refractivity contribution < 1.29 is 28.6 Å². The number of hydrogen-bond donors (Lipinski definition) is 1. The minimum Gasteiger partial charge on any atom is -0.493 e. The maximum absolute atomic E-state index is 12.9. The van der Waals surface area contributed by atoms with Crippen LogP contribution in [0, 0.1) is 6.92 Å². The van der Waals surface area contributed by atoms with Crippen molar-refractivity contribution in [1.82, 2.24) is 9.88 Å². The van der Waals surface area contributed by atoms with Gasteiger partial charge in [-0.25, -0.2) is 4.98 Å². The van der Waals surface area contributed by atoms with Crippen molar-refractivity contribution in [1.29, 1.82) is 0 Å². The fraction of sp³-hybridized carbons (Fsp3) is 0.214. The standard InChI is InChI=1S/C28H24N2O6S/c1-17-23(29-26(36-17)24-7-4-14-37-24)12-13-35-20-10-8-18(9-11-25(31)32)19(15-20)16-30-27(33)21-5-2-3-6-22(21)28(30)34/h2-8,10,14-15H,9,11-13,16H2,1H3,(H,31,32). The normalized spacial score (nSPS) is 12.7. The molecule has 8 nitrogen and oxygen atoms in total. The zero-order chi connectivity index (χ0) is 25.9. The summed E-state index contributed by atoms with van der Waals surface area (Å²) in [6, 6.07) is 16.0. The van der Waals surface area contributed by atoms with Gasteiger partial charge in [-0.15, -0.1) is 11.3 Å². The average Bonchev–Trinajstić information content (AvgIpc) is 3.60. The summed E-state index contributed by atoms with van der Waals surface area (Å²) in [5.74, 6) is 0.247. The van der Waals surface area contributed by atoms with Crippen LogP contribution in [0.3, 0.4) is 0 Å². The highest BCUT2D eigenvalue weighted by atomic mass is 32.1. The molecule has 2 amide bonds. The lowest BCUT2D eigenvalue weighted by Crippen LogP contribution is -2.29. The van der Waals surface area contributed by atoms with Crippen LogP contribution in [0.15, 0.2) is 64.4 Å². The topological polar surface area (TPSA) is 110 Å². The number of aryl methyl sites for hydroxylation is 2. The van der Waals surface area contributed by atoms with Crippen LogP contribution in [-0.4, -0.2) is 39.4 Å². The molecule has 0 atom stereocenters. The summed E-state index contributed by atoms with van der Waals surface area (Å²) >= 11 is 1.56. The van der Waals surface area contributed by atoms with Crippen LogP contribution in [0.4, 0.5) is 0 Å². The Morgan fingerprint density at radius 1 is 1.03 bits per heavy atom. The van der Waals surface area contributed by atoms with Crippen molar-refractivity contribution in [2.75, 3.05) is 6.61 Å². The number of oxazole rings is 1. The number of thiophene rings is 1. The molecule has 2 aromatic heterocycles. The number of rotatable bonds is 10. The van der Waals surface area contributed by atoms with Crippen molar-refractivity contribution >= 4 is 29.1 Å². The highest BCUT2D eigenvalue weighted by Gasteiger charge is 2.35. The predicted octanol–water partition coefficient (Wildman–Crippen LogP) is 5.15. The third-order valence-corrected chi connectivity index (χ3v) is 7.08. The molecule has 0 unspecified atom stereocenters. The number of fused-ring (bicyclic) bond motifs is 1. The van der Waals surface area contributed by atoms with Crippen molar-refractivity contribution in [2.24, 2.45) is 0 Å². The maximum atomic E-state index is 12.9. The van der Waals surface area contributed by atoms with Crippen LogP contribution in [0.5, 0.6) is 5.75 Å². The summed E-state index contributed by atoms with van der Waals surface area (Å²) in [4.78, 5) is 43.7. The molecule has 1 aliphatic heterocycles. The lowest BCUT2D eigenvalue weighted by atomic mass is 10.0. The van der Waals surface area contributed by atoms with E-state index in [-0.39, 0.29) is 31.2 Å². The van der Waals surface area contributed by atoms with Gasteiger partial charge in [-0.3, -0.25) is 19.3 Å². The molecule has 0 fully saturated rings. The van der Waals surface area contributed by atoms with E-state index >= 15 is 0 Å². The zero-order valence-corrected chi connectivity index (χ0v) is 20.9. The first-order valence-corrected chi connectivity index (χ1v) is 12.7. The number of carboxylic acid groups (broad SMARTS) is 1. The van der Waals surface area contributed by atoms with Crippen molar-refractivity contribution in [2.45, 2.75) is 32.7 Å². The molecule has 5 rings (SSSR count). The molecular formula is C28H24N2O6S. The molecule has 37 heavy (non-hydrogen) atoms. The fourth-order valence-corrected chi connectivity index (χ4v) is 4.96. The van der Waals surface area contributed by atoms with Gasteiger partial charge in [-0.1, -0.05) is 24.3 Å². The lowest BCUT2D eigenvalue weighted by molar-refractivity contribution is -0.136. The molecule has 0 spiro atoms. The third kappa shape index (κ3) is 5.17. The molecule has 0 aliphatic carbocycles. The monoisotopic (exact) mass is 516 g/mol. The SMILES string of the molecule is Cc1oc(-c2cccs2)nc1CCOc1ccc(CCC(=O)O)c(CN2C(=O)c3ccccc3C2=O)c1. The molecule has 1 aliphatic rings. The second-order valence-corrected chi connectivity index (χ2v) is 9.61. The average molecular weight is 517 g/mol. The Balaban J connectivity index is 1.31. The van der Waals surface area contributed by atoms with Crippen molar-refractivity contribution in [3.63, 3.8) is 0 Å². The van der Waals surface area contributed by atoms with Crippen molar-refractivity contribution in [3.8, 4) is 16.5 Å². The maximum Gasteiger partial charge on any atom is 0.303 e. The van der Waals surface area contributed by atoms with Gasteiger partial charge in [-0.2, -0.15) is 0 Å². The quantitative estimate of drug-likeness (QED) is 0.290. The number of ether oxygens (including phenoxy) is 1. The molecule has 188 valence electrons. The summed E-state index contributed by atoms with van der Waals surface area (Å²) in [5.41, 5.74) is 2.98. The molecule has 3 heterocycles. The number of amides is 2. The summed E-state index contributed by atoms with van der Waals surface area (Å²) < 4.78 is 11.8. The van der Waals surface area contributed by atoms with E-state index in [1.807, 2.05) is 24.4 Å². The van der Waals surface area contributed by atoms with Gasteiger partial charge in [0.15, 0.2) is 0 Å². The van der Waals surface area contributed by atoms with Gasteiger partial charge in [0.1, 0.15) is 11.5 Å². The number of aromatic nitrogens is 1. The van der Waals surface area contributed by atoms with Crippen LogP contribution in [0.25, 0.3) is 10.8 Å². The van der Waals surface area contributed by atoms with E-state index in [0.717, 1.165) is 21.9 Å². The van der Waals surface area contributed by atoms with Crippen LogP contribution in [0.1, 0.15) is 49.7 Å². The van der Waals surface area contributed by atoms with E-state index in [2.05, 4.69) is 4.98 Å². The molecule has 0 radical (unpaired) electrons. The third-order valence-electron chi connectivity index (χ3n) is 6.22. The Bertz CT molecular complexity index is 1440. The number of aliphatic carboxylic acids is 1. The van der Waals surface area contributed by atoms with E-state index in [0.29, 0.717) is 41.4 Å². The summed E-state index contributed by atoms with van der Waals surface area (Å²) in [7, 11) is 0. The molecule has 2 aromatic carbocycles. The Kier molecular flexibility index (Phi) is 6.87. The van der Waals surface area contributed by atoms with Gasteiger partial charge in [0.2, 0.25) is 5.89 Å². The first-order valence-electron chi connectivity index (χ1n) is 11.8. The molecule has 9 heteroatoms. The Morgan fingerprint density at radius 2 is 1.78 bits per heavy atom. The van der Waals surface area contributed by atoms with Gasteiger partial charge in [-0.05, 0) is 60.2 Å². The minimum atomic E-state index is -0.920. The fourth-order valence-electron chi connectivity index (χ4n) is 4.31. The first-order chi connectivity index (χ1) is 17.9. The van der Waals surface area contributed by atoms with Gasteiger partial charge < -0.3 is 14.3 Å². The second kappa shape index (κ2) is 10.4. The van der Waals surface area contributed by atoms with Crippen LogP contribution < -0.4 is 4.74 Å². The number of carboxylic acids is 1. The van der Waals surface area contributed by atoms with Gasteiger partial charge in [0, 0.05) is 12.8 Å². The summed E-state index contributed by atoms with van der Waals surface area (Å²) in [6.07, 6.45) is 0.750. The van der Waals surface area contributed by atoms with Crippen molar-refractivity contribution in [3.05, 3.63) is 93.7 Å². The molecule has 0 saturated heterocycles. The first kappa shape index (κ1) is 24.5. The highest BCUT2D eigenvalue weighted by molar-refractivity contribution is 7.13. The van der Waals surface area contributed by atoms with Crippen LogP contribution in [-0.2, 0) is 24.2 Å². The van der Waals surface area contributed by atoms with E-state index < -0.39 is 5.97 Å². The Hall–Kier alpha value is -4.24. The Labute approximate surface area is 217 Å². The number of benzene rings is 2. The molecule has 1 N–H and O–H groups in total. The predicted molar refractivity (Wildman–Crippen MR) is 137 cm³/mol. The number of nitrogens with zero attached hydrogens (tertiary/aromatic N) is 2. The van der Waals surface area contributed by atoms with E-state index in [4.69, 9.17) is 14.3 Å². The van der Waals surface area contributed by atoms with Gasteiger partial charge in [0.05, 0.1) is 34.8 Å². The number of hydrogen-bond acceptors (Lipinski definition) is 7. The number of imide groups is 1. The molecule has 4 aromatic rings. The lowest BCUT2D eigenvalue weighted by Gasteiger charge is -2.18. The molecule has 0 saturated carbocycles. The second-order valence-electron chi connectivity index (χ2n) is 8.66. The van der Waals surface area contributed by atoms with Crippen LogP contribution in [0.2, 0.25) is 0 Å². The van der Waals surface area contributed by atoms with Gasteiger partial charge >= 0.3 is 5.97 Å². The van der Waals surface area contributed by atoms with Gasteiger partial charge in [0.25, 0.3) is 11.8 Å². The molecule has 0 bridgehead atoms. The number of carbonyl (C=O) groups excluding carboxylic acids is 2. The molecular weight excluding hydrogens is 492 g/mol. The number of carbonyl (C=O) groups is 3.